The average Bonchev–Trinajstić information content (AvgIpc) is 3.05. The fourth-order valence-electron chi connectivity index (χ4n) is 2.28. The highest BCUT2D eigenvalue weighted by Gasteiger charge is 2.17. The van der Waals surface area contributed by atoms with Gasteiger partial charge in [0.1, 0.15) is 5.82 Å². The number of benzene rings is 2. The quantitative estimate of drug-likeness (QED) is 0.853. The van der Waals surface area contributed by atoms with Gasteiger partial charge in [-0.15, -0.1) is 0 Å². The van der Waals surface area contributed by atoms with E-state index in [1.165, 1.54) is 12.1 Å². The van der Waals surface area contributed by atoms with Crippen molar-refractivity contribution in [2.24, 2.45) is 0 Å². The smallest absolute Gasteiger partial charge is 0.256 e. The van der Waals surface area contributed by atoms with Crippen molar-refractivity contribution < 1.29 is 23.5 Å². The molecule has 2 N–H and O–H groups in total. The first-order chi connectivity index (χ1) is 12.0. The van der Waals surface area contributed by atoms with Crippen LogP contribution in [-0.4, -0.2) is 25.2 Å². The third-order valence-corrected chi connectivity index (χ3v) is 3.84. The molecule has 0 aliphatic carbocycles. The lowest BCUT2D eigenvalue weighted by molar-refractivity contribution is -0.120. The van der Waals surface area contributed by atoms with Gasteiger partial charge in [0.05, 0.1) is 17.1 Å². The Morgan fingerprint density at radius 2 is 1.92 bits per heavy atom. The molecule has 0 spiro atoms. The Morgan fingerprint density at radius 3 is 2.72 bits per heavy atom. The molecule has 0 saturated carbocycles. The lowest BCUT2D eigenvalue weighted by Crippen LogP contribution is -2.37. The van der Waals surface area contributed by atoms with Crippen LogP contribution < -0.4 is 20.1 Å². The molecule has 0 atom stereocenters. The van der Waals surface area contributed by atoms with E-state index < -0.39 is 17.6 Å². The summed E-state index contributed by atoms with van der Waals surface area (Å²) in [7, 11) is 0. The summed E-state index contributed by atoms with van der Waals surface area (Å²) in [6.07, 6.45) is 0. The van der Waals surface area contributed by atoms with Crippen molar-refractivity contribution >= 4 is 23.4 Å². The van der Waals surface area contributed by atoms with Crippen LogP contribution in [0.3, 0.4) is 0 Å². The molecule has 8 heteroatoms. The van der Waals surface area contributed by atoms with Crippen LogP contribution in [0.4, 0.5) is 4.39 Å². The monoisotopic (exact) mass is 364 g/mol. The molecule has 2 aromatic rings. The van der Waals surface area contributed by atoms with Gasteiger partial charge < -0.3 is 20.1 Å². The zero-order valence-electron chi connectivity index (χ0n) is 13.0. The lowest BCUT2D eigenvalue weighted by atomic mass is 10.2. The first-order valence-corrected chi connectivity index (χ1v) is 7.80. The van der Waals surface area contributed by atoms with Crippen LogP contribution in [0, 0.1) is 5.82 Å². The van der Waals surface area contributed by atoms with E-state index in [9.17, 15) is 14.0 Å². The summed E-state index contributed by atoms with van der Waals surface area (Å²) in [6, 6.07) is 9.24. The summed E-state index contributed by atoms with van der Waals surface area (Å²) in [5.74, 6) is -0.635. The van der Waals surface area contributed by atoms with Crippen molar-refractivity contribution in [2.75, 3.05) is 13.3 Å². The zero-order chi connectivity index (χ0) is 17.8. The van der Waals surface area contributed by atoms with Gasteiger partial charge in [-0.25, -0.2) is 4.39 Å². The Labute approximate surface area is 147 Å². The number of amides is 2. The van der Waals surface area contributed by atoms with E-state index in [4.69, 9.17) is 21.1 Å². The van der Waals surface area contributed by atoms with Gasteiger partial charge >= 0.3 is 0 Å². The van der Waals surface area contributed by atoms with Crippen molar-refractivity contribution in [2.45, 2.75) is 6.54 Å². The Bertz CT molecular complexity index is 808. The van der Waals surface area contributed by atoms with Crippen LogP contribution in [0.2, 0.25) is 5.02 Å². The van der Waals surface area contributed by atoms with Crippen LogP contribution in [0.15, 0.2) is 36.4 Å². The van der Waals surface area contributed by atoms with Crippen molar-refractivity contribution in [1.29, 1.82) is 0 Å². The van der Waals surface area contributed by atoms with Gasteiger partial charge in [-0.2, -0.15) is 0 Å². The largest absolute Gasteiger partial charge is 0.454 e. The second-order valence-electron chi connectivity index (χ2n) is 5.24. The summed E-state index contributed by atoms with van der Waals surface area (Å²) in [4.78, 5) is 23.8. The van der Waals surface area contributed by atoms with E-state index in [0.29, 0.717) is 11.5 Å². The van der Waals surface area contributed by atoms with E-state index in [-0.39, 0.29) is 30.5 Å². The molecule has 25 heavy (non-hydrogen) atoms. The van der Waals surface area contributed by atoms with E-state index >= 15 is 0 Å². The van der Waals surface area contributed by atoms with Crippen molar-refractivity contribution in [3.63, 3.8) is 0 Å². The molecule has 0 saturated heterocycles. The molecule has 1 aliphatic heterocycles. The predicted octanol–water partition coefficient (Wildman–Crippen LogP) is 2.25. The fraction of sp³-hybridized carbons (Fsp3) is 0.176. The standard InChI is InChI=1S/C17H14ClFN2O4/c18-11-2-1-3-12(19)16(11)17(23)21-8-15(22)20-7-10-4-5-13-14(6-10)25-9-24-13/h1-6H,7-9H2,(H,20,22)(H,21,23). The molecule has 1 heterocycles. The number of halogens is 2. The van der Waals surface area contributed by atoms with Gasteiger partial charge in [0, 0.05) is 6.54 Å². The van der Waals surface area contributed by atoms with Gasteiger partial charge in [0.2, 0.25) is 12.7 Å². The number of hydrogen-bond acceptors (Lipinski definition) is 4. The van der Waals surface area contributed by atoms with Crippen molar-refractivity contribution in [3.8, 4) is 11.5 Å². The number of nitrogens with one attached hydrogen (secondary N) is 2. The summed E-state index contributed by atoms with van der Waals surface area (Å²) in [5.41, 5.74) is 0.536. The van der Waals surface area contributed by atoms with E-state index in [0.717, 1.165) is 11.6 Å². The SMILES string of the molecule is O=C(CNC(=O)c1c(F)cccc1Cl)NCc1ccc2c(c1)OCO2. The Morgan fingerprint density at radius 1 is 1.12 bits per heavy atom. The van der Waals surface area contributed by atoms with Gasteiger partial charge in [-0.05, 0) is 29.8 Å². The molecule has 3 rings (SSSR count). The molecule has 130 valence electrons. The molecule has 0 aromatic heterocycles. The lowest BCUT2D eigenvalue weighted by Gasteiger charge is -2.09. The van der Waals surface area contributed by atoms with Gasteiger partial charge in [-0.3, -0.25) is 9.59 Å². The van der Waals surface area contributed by atoms with Gasteiger partial charge in [0.25, 0.3) is 5.91 Å². The van der Waals surface area contributed by atoms with Crippen molar-refractivity contribution in [3.05, 3.63) is 58.4 Å². The summed E-state index contributed by atoms with van der Waals surface area (Å²) < 4.78 is 24.1. The second-order valence-corrected chi connectivity index (χ2v) is 5.65. The van der Waals surface area contributed by atoms with Crippen LogP contribution in [0.5, 0.6) is 11.5 Å². The minimum atomic E-state index is -0.749. The number of fused-ring (bicyclic) bond motifs is 1. The molecule has 0 unspecified atom stereocenters. The molecule has 0 bridgehead atoms. The number of rotatable bonds is 5. The molecule has 0 radical (unpaired) electrons. The Hall–Kier alpha value is -2.80. The molecule has 2 amide bonds. The highest BCUT2D eigenvalue weighted by molar-refractivity contribution is 6.33. The zero-order valence-corrected chi connectivity index (χ0v) is 13.7. The highest BCUT2D eigenvalue weighted by Crippen LogP contribution is 2.32. The first kappa shape index (κ1) is 17.0. The van der Waals surface area contributed by atoms with Crippen LogP contribution in [0.25, 0.3) is 0 Å². The molecule has 0 fully saturated rings. The Balaban J connectivity index is 1.50. The number of carbonyl (C=O) groups excluding carboxylic acids is 2. The maximum atomic E-state index is 13.6. The normalized spacial score (nSPS) is 11.9. The number of carbonyl (C=O) groups is 2. The summed E-state index contributed by atoms with van der Waals surface area (Å²) in [6.45, 7) is 0.135. The predicted molar refractivity (Wildman–Crippen MR) is 88.2 cm³/mol. The number of ether oxygens (including phenoxy) is 2. The molecule has 2 aromatic carbocycles. The van der Waals surface area contributed by atoms with E-state index in [2.05, 4.69) is 10.6 Å². The minimum Gasteiger partial charge on any atom is -0.454 e. The molecule has 1 aliphatic rings. The van der Waals surface area contributed by atoms with Crippen LogP contribution in [0.1, 0.15) is 15.9 Å². The molecule has 6 nitrogen and oxygen atoms in total. The summed E-state index contributed by atoms with van der Waals surface area (Å²) >= 11 is 5.80. The summed E-state index contributed by atoms with van der Waals surface area (Å²) in [5, 5.41) is 4.97. The van der Waals surface area contributed by atoms with Crippen LogP contribution >= 0.6 is 11.6 Å². The third kappa shape index (κ3) is 4.00. The average molecular weight is 365 g/mol. The van der Waals surface area contributed by atoms with Crippen molar-refractivity contribution in [1.82, 2.24) is 10.6 Å². The maximum absolute atomic E-state index is 13.6. The fourth-order valence-corrected chi connectivity index (χ4v) is 2.53. The van der Waals surface area contributed by atoms with E-state index in [1.807, 2.05) is 0 Å². The minimum absolute atomic E-state index is 0.0155. The molecular weight excluding hydrogens is 351 g/mol. The van der Waals surface area contributed by atoms with Gasteiger partial charge in [-0.1, -0.05) is 23.7 Å². The molecular formula is C17H14ClFN2O4. The first-order valence-electron chi connectivity index (χ1n) is 7.42. The van der Waals surface area contributed by atoms with Gasteiger partial charge in [0.15, 0.2) is 11.5 Å². The van der Waals surface area contributed by atoms with Crippen LogP contribution in [-0.2, 0) is 11.3 Å². The third-order valence-electron chi connectivity index (χ3n) is 3.53. The number of hydrogen-bond donors (Lipinski definition) is 2. The highest BCUT2D eigenvalue weighted by atomic mass is 35.5. The Kier molecular flexibility index (Phi) is 5.04. The maximum Gasteiger partial charge on any atom is 0.256 e. The topological polar surface area (TPSA) is 76.7 Å². The van der Waals surface area contributed by atoms with E-state index in [1.54, 1.807) is 18.2 Å². The second kappa shape index (κ2) is 7.40.